The summed E-state index contributed by atoms with van der Waals surface area (Å²) in [4.78, 5) is 9.05. The van der Waals surface area contributed by atoms with Gasteiger partial charge < -0.3 is 0 Å². The minimum Gasteiger partial charge on any atom is -0.236 e. The van der Waals surface area contributed by atoms with Gasteiger partial charge in [-0.1, -0.05) is 45.0 Å². The molecule has 2 nitrogen and oxygen atoms in total. The molecule has 0 fully saturated rings. The Hall–Kier alpha value is -1.70. The van der Waals surface area contributed by atoms with Crippen LogP contribution >= 0.6 is 0 Å². The van der Waals surface area contributed by atoms with Gasteiger partial charge in [-0.2, -0.15) is 0 Å². The van der Waals surface area contributed by atoms with E-state index in [1.54, 1.807) is 0 Å². The van der Waals surface area contributed by atoms with Crippen molar-refractivity contribution in [2.45, 2.75) is 40.5 Å². The zero-order chi connectivity index (χ0) is 13.8. The highest BCUT2D eigenvalue weighted by atomic mass is 14.9. The number of hydrogen-bond acceptors (Lipinski definition) is 2. The third-order valence-electron chi connectivity index (χ3n) is 3.32. The van der Waals surface area contributed by atoms with Crippen LogP contribution in [0.4, 0.5) is 0 Å². The minimum atomic E-state index is 0.688. The Bertz CT molecular complexity index is 542. The summed E-state index contributed by atoms with van der Waals surface area (Å²) < 4.78 is 0. The molecule has 0 aliphatic carbocycles. The average molecular weight is 254 g/mol. The average Bonchev–Trinajstić information content (AvgIpc) is 2.39. The van der Waals surface area contributed by atoms with Crippen molar-refractivity contribution in [2.75, 3.05) is 0 Å². The van der Waals surface area contributed by atoms with Crippen molar-refractivity contribution in [1.82, 2.24) is 9.97 Å². The fourth-order valence-corrected chi connectivity index (χ4v) is 2.24. The summed E-state index contributed by atoms with van der Waals surface area (Å²) in [5, 5.41) is 0. The number of aryl methyl sites for hydroxylation is 2. The van der Waals surface area contributed by atoms with Crippen LogP contribution in [0.3, 0.4) is 0 Å². The monoisotopic (exact) mass is 254 g/mol. The predicted octanol–water partition coefficient (Wildman–Crippen LogP) is 4.21. The van der Waals surface area contributed by atoms with Gasteiger partial charge in [0.25, 0.3) is 0 Å². The van der Waals surface area contributed by atoms with Crippen molar-refractivity contribution in [1.29, 1.82) is 0 Å². The summed E-state index contributed by atoms with van der Waals surface area (Å²) in [5.41, 5.74) is 4.78. The summed E-state index contributed by atoms with van der Waals surface area (Å²) >= 11 is 0. The molecule has 2 heteroatoms. The standard InChI is InChI=1S/C17H22N2/c1-5-15-11-18-17(19-13(15)4)16-8-6-14(7-9-16)10-12(2)3/h6-9,11-12H,5,10H2,1-4H3. The second-order valence-electron chi connectivity index (χ2n) is 5.45. The van der Waals surface area contributed by atoms with E-state index in [-0.39, 0.29) is 0 Å². The summed E-state index contributed by atoms with van der Waals surface area (Å²) in [6.07, 6.45) is 4.05. The molecular weight excluding hydrogens is 232 g/mol. The van der Waals surface area contributed by atoms with E-state index in [2.05, 4.69) is 61.9 Å². The van der Waals surface area contributed by atoms with E-state index in [1.807, 2.05) is 6.20 Å². The molecule has 0 atom stereocenters. The van der Waals surface area contributed by atoms with Gasteiger partial charge in [-0.25, -0.2) is 9.97 Å². The smallest absolute Gasteiger partial charge is 0.159 e. The quantitative estimate of drug-likeness (QED) is 0.816. The Labute approximate surface area is 115 Å². The highest BCUT2D eigenvalue weighted by Gasteiger charge is 2.05. The van der Waals surface area contributed by atoms with Crippen molar-refractivity contribution in [3.63, 3.8) is 0 Å². The molecule has 0 amide bonds. The molecule has 0 saturated carbocycles. The normalized spacial score (nSPS) is 11.0. The van der Waals surface area contributed by atoms with Gasteiger partial charge in [0.15, 0.2) is 5.82 Å². The van der Waals surface area contributed by atoms with E-state index in [0.29, 0.717) is 5.92 Å². The molecule has 0 unspecified atom stereocenters. The molecule has 1 heterocycles. The van der Waals surface area contributed by atoms with Crippen molar-refractivity contribution < 1.29 is 0 Å². The maximum absolute atomic E-state index is 4.59. The molecule has 1 aromatic heterocycles. The summed E-state index contributed by atoms with van der Waals surface area (Å²) in [7, 11) is 0. The number of aromatic nitrogens is 2. The molecule has 100 valence electrons. The maximum atomic E-state index is 4.59. The molecular formula is C17H22N2. The zero-order valence-corrected chi connectivity index (χ0v) is 12.3. The van der Waals surface area contributed by atoms with Crippen molar-refractivity contribution in [2.24, 2.45) is 5.92 Å². The number of benzene rings is 1. The van der Waals surface area contributed by atoms with Gasteiger partial charge in [-0.05, 0) is 36.8 Å². The lowest BCUT2D eigenvalue weighted by atomic mass is 10.0. The molecule has 0 aliphatic rings. The van der Waals surface area contributed by atoms with Crippen LogP contribution in [0.15, 0.2) is 30.5 Å². The first-order valence-corrected chi connectivity index (χ1v) is 7.02. The molecule has 0 bridgehead atoms. The molecule has 0 aliphatic heterocycles. The topological polar surface area (TPSA) is 25.8 Å². The predicted molar refractivity (Wildman–Crippen MR) is 80.1 cm³/mol. The van der Waals surface area contributed by atoms with Gasteiger partial charge in [-0.15, -0.1) is 0 Å². The van der Waals surface area contributed by atoms with Crippen LogP contribution in [0, 0.1) is 12.8 Å². The Morgan fingerprint density at radius 2 is 1.79 bits per heavy atom. The molecule has 1 aromatic carbocycles. The lowest BCUT2D eigenvalue weighted by Crippen LogP contribution is -1.97. The Kier molecular flexibility index (Phi) is 4.31. The highest BCUT2D eigenvalue weighted by molar-refractivity contribution is 5.55. The van der Waals surface area contributed by atoms with Crippen molar-refractivity contribution in [3.8, 4) is 11.4 Å². The van der Waals surface area contributed by atoms with Crippen LogP contribution in [-0.4, -0.2) is 9.97 Å². The Morgan fingerprint density at radius 3 is 2.32 bits per heavy atom. The second kappa shape index (κ2) is 5.96. The van der Waals surface area contributed by atoms with Gasteiger partial charge in [0.1, 0.15) is 0 Å². The molecule has 2 rings (SSSR count). The van der Waals surface area contributed by atoms with E-state index in [1.165, 1.54) is 11.1 Å². The van der Waals surface area contributed by atoms with E-state index >= 15 is 0 Å². The van der Waals surface area contributed by atoms with Crippen LogP contribution in [0.2, 0.25) is 0 Å². The molecule has 0 saturated heterocycles. The van der Waals surface area contributed by atoms with E-state index in [4.69, 9.17) is 0 Å². The van der Waals surface area contributed by atoms with Crippen LogP contribution < -0.4 is 0 Å². The number of rotatable bonds is 4. The molecule has 0 spiro atoms. The number of hydrogen-bond donors (Lipinski definition) is 0. The molecule has 2 aromatic rings. The summed E-state index contributed by atoms with van der Waals surface area (Å²) in [6.45, 7) is 8.66. The maximum Gasteiger partial charge on any atom is 0.159 e. The second-order valence-corrected chi connectivity index (χ2v) is 5.45. The molecule has 19 heavy (non-hydrogen) atoms. The first kappa shape index (κ1) is 13.7. The van der Waals surface area contributed by atoms with Gasteiger partial charge in [0.2, 0.25) is 0 Å². The van der Waals surface area contributed by atoms with Crippen LogP contribution in [0.5, 0.6) is 0 Å². The van der Waals surface area contributed by atoms with Crippen LogP contribution in [-0.2, 0) is 12.8 Å². The molecule has 0 radical (unpaired) electrons. The summed E-state index contributed by atoms with van der Waals surface area (Å²) in [5.74, 6) is 1.51. The summed E-state index contributed by atoms with van der Waals surface area (Å²) in [6, 6.07) is 8.61. The van der Waals surface area contributed by atoms with Crippen LogP contribution in [0.25, 0.3) is 11.4 Å². The van der Waals surface area contributed by atoms with Gasteiger partial charge in [0, 0.05) is 17.5 Å². The lowest BCUT2D eigenvalue weighted by molar-refractivity contribution is 0.647. The third kappa shape index (κ3) is 3.40. The fourth-order valence-electron chi connectivity index (χ4n) is 2.24. The minimum absolute atomic E-state index is 0.688. The Balaban J connectivity index is 2.24. The van der Waals surface area contributed by atoms with Gasteiger partial charge >= 0.3 is 0 Å². The van der Waals surface area contributed by atoms with Gasteiger partial charge in [0.05, 0.1) is 0 Å². The zero-order valence-electron chi connectivity index (χ0n) is 12.3. The largest absolute Gasteiger partial charge is 0.236 e. The first-order chi connectivity index (χ1) is 9.10. The molecule has 0 N–H and O–H groups in total. The van der Waals surface area contributed by atoms with E-state index in [0.717, 1.165) is 29.9 Å². The fraction of sp³-hybridized carbons (Fsp3) is 0.412. The van der Waals surface area contributed by atoms with Gasteiger partial charge in [-0.3, -0.25) is 0 Å². The highest BCUT2D eigenvalue weighted by Crippen LogP contribution is 2.18. The van der Waals surface area contributed by atoms with Crippen LogP contribution in [0.1, 0.15) is 37.6 Å². The SMILES string of the molecule is CCc1cnc(-c2ccc(CC(C)C)cc2)nc1C. The lowest BCUT2D eigenvalue weighted by Gasteiger charge is -2.07. The third-order valence-corrected chi connectivity index (χ3v) is 3.32. The van der Waals surface area contributed by atoms with E-state index in [9.17, 15) is 0 Å². The van der Waals surface area contributed by atoms with Crippen molar-refractivity contribution >= 4 is 0 Å². The van der Waals surface area contributed by atoms with E-state index < -0.39 is 0 Å². The Morgan fingerprint density at radius 1 is 1.11 bits per heavy atom. The van der Waals surface area contributed by atoms with Crippen molar-refractivity contribution in [3.05, 3.63) is 47.3 Å². The number of nitrogens with zero attached hydrogens (tertiary/aromatic N) is 2. The first-order valence-electron chi connectivity index (χ1n) is 7.02.